The largest absolute Gasteiger partial charge is 0.573 e. The Kier molecular flexibility index (Phi) is 4.06. The minimum absolute atomic E-state index is 0.159. The predicted molar refractivity (Wildman–Crippen MR) is 64.2 cm³/mol. The molecule has 114 valence electrons. The maximum atomic E-state index is 12.2. The number of nitrogens with one attached hydrogen (secondary N) is 1. The number of amides is 1. The van der Waals surface area contributed by atoms with Gasteiger partial charge < -0.3 is 15.2 Å². The molecule has 2 atom stereocenters. The fraction of sp³-hybridized carbons (Fsp3) is 0.385. The summed E-state index contributed by atoms with van der Waals surface area (Å²) in [6, 6.07) is 5.44. The number of carboxylic acids is 1. The first-order valence-electron chi connectivity index (χ1n) is 6.12. The first-order chi connectivity index (χ1) is 9.78. The molecule has 1 amide bonds. The summed E-state index contributed by atoms with van der Waals surface area (Å²) >= 11 is 0. The van der Waals surface area contributed by atoms with E-state index in [-0.39, 0.29) is 18.5 Å². The molecule has 1 aliphatic carbocycles. The smallest absolute Gasteiger partial charge is 0.481 e. The van der Waals surface area contributed by atoms with Crippen LogP contribution < -0.4 is 10.1 Å². The number of benzene rings is 1. The monoisotopic (exact) mass is 303 g/mol. The molecule has 0 radical (unpaired) electrons. The Morgan fingerprint density at radius 2 is 1.95 bits per heavy atom. The molecule has 8 heteroatoms. The maximum absolute atomic E-state index is 12.2. The average Bonchev–Trinajstić information content (AvgIpc) is 3.16. The Morgan fingerprint density at radius 3 is 2.52 bits per heavy atom. The average molecular weight is 303 g/mol. The summed E-state index contributed by atoms with van der Waals surface area (Å²) in [7, 11) is 0. The molecule has 0 heterocycles. The van der Waals surface area contributed by atoms with E-state index in [9.17, 15) is 22.8 Å². The van der Waals surface area contributed by atoms with E-state index in [0.717, 1.165) is 6.07 Å². The summed E-state index contributed by atoms with van der Waals surface area (Å²) < 4.78 is 40.5. The van der Waals surface area contributed by atoms with Gasteiger partial charge in [0.05, 0.1) is 11.8 Å². The fourth-order valence-electron chi connectivity index (χ4n) is 1.95. The number of halogens is 3. The van der Waals surface area contributed by atoms with Crippen LogP contribution in [-0.2, 0) is 16.1 Å². The minimum atomic E-state index is -4.81. The zero-order chi connectivity index (χ0) is 15.6. The molecule has 1 saturated carbocycles. The molecular weight excluding hydrogens is 291 g/mol. The molecule has 0 aromatic heterocycles. The molecule has 0 unspecified atom stereocenters. The highest BCUT2D eigenvalue weighted by Crippen LogP contribution is 2.38. The second-order valence-corrected chi connectivity index (χ2v) is 4.66. The molecule has 5 nitrogen and oxygen atoms in total. The molecular formula is C13H12F3NO4. The van der Waals surface area contributed by atoms with Gasteiger partial charge in [0.2, 0.25) is 5.91 Å². The van der Waals surface area contributed by atoms with Crippen LogP contribution in [0.25, 0.3) is 0 Å². The van der Waals surface area contributed by atoms with Gasteiger partial charge in [-0.1, -0.05) is 18.2 Å². The van der Waals surface area contributed by atoms with Crippen molar-refractivity contribution >= 4 is 11.9 Å². The van der Waals surface area contributed by atoms with Crippen molar-refractivity contribution in [3.05, 3.63) is 29.8 Å². The van der Waals surface area contributed by atoms with Crippen LogP contribution in [0.5, 0.6) is 5.75 Å². The van der Waals surface area contributed by atoms with E-state index in [1.54, 1.807) is 0 Å². The van der Waals surface area contributed by atoms with E-state index in [2.05, 4.69) is 10.1 Å². The SMILES string of the molecule is O=C(O)[C@H]1C[C@H]1C(=O)NCc1ccccc1OC(F)(F)F. The van der Waals surface area contributed by atoms with Crippen molar-refractivity contribution in [2.24, 2.45) is 11.8 Å². The predicted octanol–water partition coefficient (Wildman–Crippen LogP) is 1.92. The quantitative estimate of drug-likeness (QED) is 0.871. The first kappa shape index (κ1) is 15.1. The van der Waals surface area contributed by atoms with Crippen LogP contribution in [0, 0.1) is 11.8 Å². The Labute approximate surface area is 117 Å². The third-order valence-electron chi connectivity index (χ3n) is 3.10. The molecule has 1 aliphatic rings. The van der Waals surface area contributed by atoms with Gasteiger partial charge in [-0.2, -0.15) is 0 Å². The highest BCUT2D eigenvalue weighted by atomic mass is 19.4. The summed E-state index contributed by atoms with van der Waals surface area (Å²) in [6.45, 7) is -0.159. The lowest BCUT2D eigenvalue weighted by Gasteiger charge is -2.13. The Bertz CT molecular complexity index is 559. The van der Waals surface area contributed by atoms with Crippen molar-refractivity contribution in [3.63, 3.8) is 0 Å². The fourth-order valence-corrected chi connectivity index (χ4v) is 1.95. The molecule has 0 saturated heterocycles. The number of para-hydroxylation sites is 1. The lowest BCUT2D eigenvalue weighted by atomic mass is 10.2. The van der Waals surface area contributed by atoms with Gasteiger partial charge in [-0.3, -0.25) is 9.59 Å². The molecule has 0 aliphatic heterocycles. The number of rotatable bonds is 5. The van der Waals surface area contributed by atoms with Gasteiger partial charge in [0.15, 0.2) is 0 Å². The van der Waals surface area contributed by atoms with Crippen molar-refractivity contribution in [2.75, 3.05) is 0 Å². The first-order valence-corrected chi connectivity index (χ1v) is 6.12. The molecule has 2 rings (SSSR count). The topological polar surface area (TPSA) is 75.6 Å². The van der Waals surface area contributed by atoms with E-state index < -0.39 is 35.8 Å². The van der Waals surface area contributed by atoms with Crippen LogP contribution in [-0.4, -0.2) is 23.3 Å². The van der Waals surface area contributed by atoms with Crippen molar-refractivity contribution in [3.8, 4) is 5.75 Å². The second kappa shape index (κ2) is 5.63. The summed E-state index contributed by atoms with van der Waals surface area (Å²) in [4.78, 5) is 22.3. The molecule has 1 aromatic carbocycles. The summed E-state index contributed by atoms with van der Waals surface area (Å²) in [6.07, 6.45) is -4.56. The maximum Gasteiger partial charge on any atom is 0.573 e. The van der Waals surface area contributed by atoms with Gasteiger partial charge >= 0.3 is 12.3 Å². The van der Waals surface area contributed by atoms with E-state index in [1.807, 2.05) is 0 Å². The number of carbonyl (C=O) groups excluding carboxylic acids is 1. The van der Waals surface area contributed by atoms with Gasteiger partial charge in [-0.25, -0.2) is 0 Å². The zero-order valence-corrected chi connectivity index (χ0v) is 10.7. The van der Waals surface area contributed by atoms with Crippen molar-refractivity contribution in [2.45, 2.75) is 19.3 Å². The highest BCUT2D eigenvalue weighted by Gasteiger charge is 2.48. The Morgan fingerprint density at radius 1 is 1.29 bits per heavy atom. The van der Waals surface area contributed by atoms with Crippen LogP contribution in [0.3, 0.4) is 0 Å². The lowest BCUT2D eigenvalue weighted by molar-refractivity contribution is -0.274. The van der Waals surface area contributed by atoms with Crippen LogP contribution in [0.2, 0.25) is 0 Å². The van der Waals surface area contributed by atoms with Gasteiger partial charge in [0, 0.05) is 12.1 Å². The molecule has 1 fully saturated rings. The molecule has 0 spiro atoms. The van der Waals surface area contributed by atoms with Crippen molar-refractivity contribution in [1.29, 1.82) is 0 Å². The van der Waals surface area contributed by atoms with E-state index in [4.69, 9.17) is 5.11 Å². The lowest BCUT2D eigenvalue weighted by Crippen LogP contribution is -2.26. The normalized spacial score (nSPS) is 20.7. The van der Waals surface area contributed by atoms with Gasteiger partial charge in [0.1, 0.15) is 5.75 Å². The van der Waals surface area contributed by atoms with E-state index >= 15 is 0 Å². The van der Waals surface area contributed by atoms with Crippen LogP contribution in [0.1, 0.15) is 12.0 Å². The number of hydrogen-bond acceptors (Lipinski definition) is 3. The van der Waals surface area contributed by atoms with E-state index in [1.165, 1.54) is 18.2 Å². The Hall–Kier alpha value is -2.25. The van der Waals surface area contributed by atoms with E-state index in [0.29, 0.717) is 0 Å². The Balaban J connectivity index is 1.95. The van der Waals surface area contributed by atoms with Crippen LogP contribution in [0.15, 0.2) is 24.3 Å². The summed E-state index contributed by atoms with van der Waals surface area (Å²) in [5.41, 5.74) is 0.163. The third-order valence-corrected chi connectivity index (χ3v) is 3.10. The van der Waals surface area contributed by atoms with Gasteiger partial charge in [0.25, 0.3) is 0 Å². The second-order valence-electron chi connectivity index (χ2n) is 4.66. The number of carbonyl (C=O) groups is 2. The molecule has 21 heavy (non-hydrogen) atoms. The molecule has 1 aromatic rings. The number of carboxylic acid groups (broad SMARTS) is 1. The minimum Gasteiger partial charge on any atom is -0.481 e. The third kappa shape index (κ3) is 4.11. The number of alkyl halides is 3. The van der Waals surface area contributed by atoms with Crippen LogP contribution >= 0.6 is 0 Å². The van der Waals surface area contributed by atoms with Gasteiger partial charge in [-0.05, 0) is 12.5 Å². The zero-order valence-electron chi connectivity index (χ0n) is 10.7. The summed E-state index contributed by atoms with van der Waals surface area (Å²) in [5, 5.41) is 11.1. The van der Waals surface area contributed by atoms with Crippen LogP contribution in [0.4, 0.5) is 13.2 Å². The molecule has 2 N–H and O–H groups in total. The van der Waals surface area contributed by atoms with Crippen molar-refractivity contribution in [1.82, 2.24) is 5.32 Å². The number of hydrogen-bond donors (Lipinski definition) is 2. The summed E-state index contributed by atoms with van der Waals surface area (Å²) in [5.74, 6) is -3.24. The number of aliphatic carboxylic acids is 1. The number of ether oxygens (including phenoxy) is 1. The standard InChI is InChI=1S/C13H12F3NO4/c14-13(15,16)21-10-4-2-1-3-7(10)6-17-11(18)8-5-9(8)12(19)20/h1-4,8-9H,5-6H2,(H,17,18)(H,19,20)/t8-,9+/m1/s1. The highest BCUT2D eigenvalue weighted by molar-refractivity contribution is 5.89. The molecule has 0 bridgehead atoms. The van der Waals surface area contributed by atoms with Crippen molar-refractivity contribution < 1.29 is 32.6 Å². The van der Waals surface area contributed by atoms with Gasteiger partial charge in [-0.15, -0.1) is 13.2 Å².